The van der Waals surface area contributed by atoms with Crippen LogP contribution in [0.2, 0.25) is 0 Å². The van der Waals surface area contributed by atoms with Gasteiger partial charge in [-0.15, -0.1) is 0 Å². The number of amides is 3. The molecule has 1 aliphatic carbocycles. The van der Waals surface area contributed by atoms with Crippen molar-refractivity contribution in [2.45, 2.75) is 38.0 Å². The van der Waals surface area contributed by atoms with E-state index in [2.05, 4.69) is 15.3 Å². The summed E-state index contributed by atoms with van der Waals surface area (Å²) in [6.07, 6.45) is -2.69. The first-order valence-corrected chi connectivity index (χ1v) is 11.3. The van der Waals surface area contributed by atoms with Crippen molar-refractivity contribution in [3.63, 3.8) is 0 Å². The molecular weight excluding hydrogens is 503 g/mol. The zero-order valence-corrected chi connectivity index (χ0v) is 19.1. The molecule has 0 aromatic carbocycles. The van der Waals surface area contributed by atoms with Crippen LogP contribution in [-0.4, -0.2) is 51.3 Å². The molecule has 3 aromatic heterocycles. The minimum atomic E-state index is -4.73. The average Bonchev–Trinajstić information content (AvgIpc) is 3.60. The van der Waals surface area contributed by atoms with Crippen LogP contribution in [0.4, 0.5) is 32.6 Å². The molecule has 2 atom stereocenters. The van der Waals surface area contributed by atoms with E-state index in [9.17, 15) is 36.3 Å². The van der Waals surface area contributed by atoms with Gasteiger partial charge in [0, 0.05) is 24.8 Å². The van der Waals surface area contributed by atoms with E-state index in [1.807, 2.05) is 5.32 Å². The van der Waals surface area contributed by atoms with E-state index >= 15 is 0 Å². The van der Waals surface area contributed by atoms with Crippen LogP contribution < -0.4 is 21.0 Å². The lowest BCUT2D eigenvalue weighted by molar-refractivity contribution is -0.158. The number of alkyl halides is 3. The Morgan fingerprint density at radius 3 is 2.54 bits per heavy atom. The molecule has 0 radical (unpaired) electrons. The Kier molecular flexibility index (Phi) is 5.83. The first kappa shape index (κ1) is 24.6. The predicted octanol–water partition coefficient (Wildman–Crippen LogP) is 3.05. The number of hydrogen-bond acceptors (Lipinski definition) is 5. The van der Waals surface area contributed by atoms with E-state index < -0.39 is 58.5 Å². The van der Waals surface area contributed by atoms with Crippen LogP contribution in [0, 0.1) is 17.6 Å². The molecule has 1 saturated heterocycles. The fourth-order valence-corrected chi connectivity index (χ4v) is 4.26. The highest BCUT2D eigenvalue weighted by Gasteiger charge is 2.50. The van der Waals surface area contributed by atoms with E-state index in [1.54, 1.807) is 6.92 Å². The molecule has 14 heteroatoms. The lowest BCUT2D eigenvalue weighted by Gasteiger charge is -2.22. The Morgan fingerprint density at radius 2 is 1.95 bits per heavy atom. The van der Waals surface area contributed by atoms with Crippen LogP contribution >= 0.6 is 0 Å². The zero-order chi connectivity index (χ0) is 26.6. The molecule has 3 amide bonds. The van der Waals surface area contributed by atoms with Gasteiger partial charge in [0.15, 0.2) is 17.3 Å². The Labute approximate surface area is 205 Å². The molecule has 2 unspecified atom stereocenters. The number of nitrogens with zero attached hydrogens (tertiary/aromatic N) is 4. The van der Waals surface area contributed by atoms with E-state index in [0.717, 1.165) is 10.8 Å². The number of carbonyl (C=O) groups is 2. The number of urea groups is 1. The van der Waals surface area contributed by atoms with Gasteiger partial charge in [0.05, 0.1) is 11.6 Å². The van der Waals surface area contributed by atoms with Crippen LogP contribution in [0.25, 0.3) is 16.9 Å². The van der Waals surface area contributed by atoms with Crippen molar-refractivity contribution in [2.75, 3.05) is 11.4 Å². The van der Waals surface area contributed by atoms with Gasteiger partial charge in [-0.05, 0) is 37.8 Å². The second-order valence-corrected chi connectivity index (χ2v) is 9.03. The molecule has 3 aromatic rings. The van der Waals surface area contributed by atoms with Crippen LogP contribution in [0.3, 0.4) is 0 Å². The fraction of sp³-hybridized carbons (Fsp3) is 0.348. The van der Waals surface area contributed by atoms with Gasteiger partial charge in [-0.25, -0.2) is 23.5 Å². The lowest BCUT2D eigenvalue weighted by Crippen LogP contribution is -2.48. The fourth-order valence-electron chi connectivity index (χ4n) is 4.26. The maximum atomic E-state index is 14.7. The summed E-state index contributed by atoms with van der Waals surface area (Å²) in [5.74, 6) is -4.76. The zero-order valence-electron chi connectivity index (χ0n) is 19.1. The molecule has 1 aliphatic heterocycles. The van der Waals surface area contributed by atoms with Gasteiger partial charge >= 0.3 is 12.2 Å². The van der Waals surface area contributed by atoms with Crippen molar-refractivity contribution in [1.82, 2.24) is 25.2 Å². The number of nitrogens with one attached hydrogen (secondary N) is 2. The summed E-state index contributed by atoms with van der Waals surface area (Å²) >= 11 is 0. The van der Waals surface area contributed by atoms with Crippen molar-refractivity contribution < 1.29 is 31.5 Å². The molecule has 37 heavy (non-hydrogen) atoms. The largest absolute Gasteiger partial charge is 0.408 e. The lowest BCUT2D eigenvalue weighted by atomic mass is 10.1. The van der Waals surface area contributed by atoms with Crippen LogP contribution in [0.1, 0.15) is 30.1 Å². The number of hydrogen-bond donors (Lipinski definition) is 2. The van der Waals surface area contributed by atoms with Gasteiger partial charge in [-0.1, -0.05) is 0 Å². The Morgan fingerprint density at radius 1 is 1.22 bits per heavy atom. The molecule has 9 nitrogen and oxygen atoms in total. The van der Waals surface area contributed by atoms with Crippen LogP contribution in [0.15, 0.2) is 35.4 Å². The van der Waals surface area contributed by atoms with E-state index in [0.29, 0.717) is 12.3 Å². The first-order chi connectivity index (χ1) is 17.4. The smallest absolute Gasteiger partial charge is 0.340 e. The summed E-state index contributed by atoms with van der Waals surface area (Å²) in [4.78, 5) is 47.6. The normalized spacial score (nSPS) is 18.7. The number of aromatic nitrogens is 3. The average molecular weight is 522 g/mol. The molecule has 4 heterocycles. The SMILES string of the molecule is CC1CN(c2ccc3c(=O)c(C(=O)NC(C4CC4)C(F)(F)F)cn(-c4ncc(F)cc4F)c3n2)C(=O)N1. The second kappa shape index (κ2) is 8.78. The molecular formula is C23H19F5N6O3. The molecule has 5 rings (SSSR count). The third kappa shape index (κ3) is 4.58. The van der Waals surface area contributed by atoms with Gasteiger partial charge in [0.1, 0.15) is 23.2 Å². The number of rotatable bonds is 5. The predicted molar refractivity (Wildman–Crippen MR) is 120 cm³/mol. The van der Waals surface area contributed by atoms with Crippen molar-refractivity contribution in [1.29, 1.82) is 0 Å². The number of fused-ring (bicyclic) bond motifs is 1. The van der Waals surface area contributed by atoms with Gasteiger partial charge in [0.2, 0.25) is 5.43 Å². The van der Waals surface area contributed by atoms with Crippen LogP contribution in [0.5, 0.6) is 0 Å². The number of anilines is 1. The quantitative estimate of drug-likeness (QED) is 0.501. The molecule has 194 valence electrons. The van der Waals surface area contributed by atoms with Crippen molar-refractivity contribution in [3.05, 3.63) is 58.0 Å². The highest BCUT2D eigenvalue weighted by atomic mass is 19.4. The molecule has 0 bridgehead atoms. The highest BCUT2D eigenvalue weighted by molar-refractivity contribution is 5.98. The van der Waals surface area contributed by atoms with E-state index in [4.69, 9.17) is 0 Å². The summed E-state index contributed by atoms with van der Waals surface area (Å²) in [5.41, 5.74) is -1.91. The van der Waals surface area contributed by atoms with E-state index in [1.165, 1.54) is 17.0 Å². The van der Waals surface area contributed by atoms with Crippen LogP contribution in [-0.2, 0) is 0 Å². The minimum absolute atomic E-state index is 0.0908. The van der Waals surface area contributed by atoms with E-state index in [-0.39, 0.29) is 42.3 Å². The minimum Gasteiger partial charge on any atom is -0.340 e. The summed E-state index contributed by atoms with van der Waals surface area (Å²) in [6, 6.07) is 0.243. The third-order valence-corrected chi connectivity index (χ3v) is 6.18. The maximum absolute atomic E-state index is 14.7. The Bertz CT molecular complexity index is 1490. The molecule has 2 N–H and O–H groups in total. The van der Waals surface area contributed by atoms with Gasteiger partial charge in [-0.3, -0.25) is 19.1 Å². The molecule has 0 spiro atoms. The number of halogens is 5. The van der Waals surface area contributed by atoms with Gasteiger partial charge in [0.25, 0.3) is 5.91 Å². The third-order valence-electron chi connectivity index (χ3n) is 6.18. The number of pyridine rings is 3. The highest BCUT2D eigenvalue weighted by Crippen LogP contribution is 2.40. The Hall–Kier alpha value is -4.10. The molecule has 1 saturated carbocycles. The summed E-state index contributed by atoms with van der Waals surface area (Å²) < 4.78 is 69.6. The Balaban J connectivity index is 1.67. The summed E-state index contributed by atoms with van der Waals surface area (Å²) in [5, 5.41) is 4.31. The topological polar surface area (TPSA) is 109 Å². The van der Waals surface area contributed by atoms with Gasteiger partial charge in [-0.2, -0.15) is 13.2 Å². The van der Waals surface area contributed by atoms with Crippen molar-refractivity contribution in [3.8, 4) is 5.82 Å². The van der Waals surface area contributed by atoms with Crippen molar-refractivity contribution >= 4 is 28.8 Å². The number of carbonyl (C=O) groups excluding carboxylic acids is 2. The monoisotopic (exact) mass is 522 g/mol. The maximum Gasteiger partial charge on any atom is 0.408 e. The molecule has 2 aliphatic rings. The standard InChI is InChI=1S/C23H19F5N6O3/c1-10-8-33(22(37)30-10)16-5-4-13-17(35)14(21(36)32-18(11-2-3-11)23(26,27)28)9-34(19(13)31-16)20-15(25)6-12(24)7-29-20/h4-7,9-11,18H,2-3,8H2,1H3,(H,30,37)(H,32,36). The molecule has 2 fully saturated rings. The van der Waals surface area contributed by atoms with Gasteiger partial charge < -0.3 is 10.6 Å². The summed E-state index contributed by atoms with van der Waals surface area (Å²) in [6.45, 7) is 2.00. The van der Waals surface area contributed by atoms with Crippen molar-refractivity contribution in [2.24, 2.45) is 5.92 Å². The second-order valence-electron chi connectivity index (χ2n) is 9.03. The first-order valence-electron chi connectivity index (χ1n) is 11.3. The summed E-state index contributed by atoms with van der Waals surface area (Å²) in [7, 11) is 0.